The smallest absolute Gasteiger partial charge is 0.267 e. The quantitative estimate of drug-likeness (QED) is 0.578. The van der Waals surface area contributed by atoms with Crippen LogP contribution in [0.5, 0.6) is 23.0 Å². The number of likely N-dealkylation sites (N-methyl/N-ethyl adjacent to an activating group) is 1. The second-order valence-electron chi connectivity index (χ2n) is 7.32. The topological polar surface area (TPSA) is 57.2 Å². The van der Waals surface area contributed by atoms with Gasteiger partial charge in [-0.2, -0.15) is 0 Å². The van der Waals surface area contributed by atoms with E-state index >= 15 is 0 Å². The van der Waals surface area contributed by atoms with E-state index < -0.39 is 6.10 Å². The SMILES string of the molecule is COc1cc(CN(C)C(=O)[C@@H]2COc3ccccc3O2)ccc1OCc1ccccc1. The second kappa shape index (κ2) is 9.43. The summed E-state index contributed by atoms with van der Waals surface area (Å²) in [5.74, 6) is 2.38. The zero-order valence-electron chi connectivity index (χ0n) is 17.6. The van der Waals surface area contributed by atoms with Crippen LogP contribution in [0, 0.1) is 0 Å². The van der Waals surface area contributed by atoms with Crippen LogP contribution in [0.25, 0.3) is 0 Å². The summed E-state index contributed by atoms with van der Waals surface area (Å²) in [4.78, 5) is 14.5. The van der Waals surface area contributed by atoms with Crippen molar-refractivity contribution in [2.45, 2.75) is 19.3 Å². The van der Waals surface area contributed by atoms with Crippen LogP contribution >= 0.6 is 0 Å². The summed E-state index contributed by atoms with van der Waals surface area (Å²) in [6.07, 6.45) is -0.671. The summed E-state index contributed by atoms with van der Waals surface area (Å²) in [6.45, 7) is 1.06. The fraction of sp³-hybridized carbons (Fsp3) is 0.240. The van der Waals surface area contributed by atoms with Crippen molar-refractivity contribution in [3.05, 3.63) is 83.9 Å². The molecule has 0 aliphatic carbocycles. The predicted octanol–water partition coefficient (Wildman–Crippen LogP) is 4.07. The van der Waals surface area contributed by atoms with E-state index in [0.717, 1.165) is 11.1 Å². The number of carbonyl (C=O) groups excluding carboxylic acids is 1. The average Bonchev–Trinajstić information content (AvgIpc) is 2.83. The number of amides is 1. The number of ether oxygens (including phenoxy) is 4. The first-order valence-corrected chi connectivity index (χ1v) is 10.1. The molecular weight excluding hydrogens is 394 g/mol. The number of para-hydroxylation sites is 2. The molecule has 6 nitrogen and oxygen atoms in total. The maximum absolute atomic E-state index is 12.9. The molecule has 6 heteroatoms. The van der Waals surface area contributed by atoms with E-state index in [1.165, 1.54) is 0 Å². The monoisotopic (exact) mass is 419 g/mol. The number of fused-ring (bicyclic) bond motifs is 1. The van der Waals surface area contributed by atoms with Crippen molar-refractivity contribution in [2.75, 3.05) is 20.8 Å². The van der Waals surface area contributed by atoms with Gasteiger partial charge in [-0.15, -0.1) is 0 Å². The van der Waals surface area contributed by atoms with Gasteiger partial charge in [0.2, 0.25) is 6.10 Å². The molecule has 31 heavy (non-hydrogen) atoms. The highest BCUT2D eigenvalue weighted by Crippen LogP contribution is 2.32. The van der Waals surface area contributed by atoms with Gasteiger partial charge in [0.15, 0.2) is 23.0 Å². The van der Waals surface area contributed by atoms with Crippen LogP contribution in [-0.4, -0.2) is 37.7 Å². The molecule has 0 fully saturated rings. The van der Waals surface area contributed by atoms with Crippen molar-refractivity contribution in [3.8, 4) is 23.0 Å². The van der Waals surface area contributed by atoms with Gasteiger partial charge < -0.3 is 23.8 Å². The predicted molar refractivity (Wildman–Crippen MR) is 117 cm³/mol. The molecule has 0 saturated carbocycles. The van der Waals surface area contributed by atoms with Gasteiger partial charge in [0.25, 0.3) is 5.91 Å². The molecule has 3 aromatic carbocycles. The van der Waals surface area contributed by atoms with E-state index in [1.54, 1.807) is 25.1 Å². The Kier molecular flexibility index (Phi) is 6.26. The number of methoxy groups -OCH3 is 1. The Labute approximate surface area is 181 Å². The lowest BCUT2D eigenvalue weighted by Gasteiger charge is -2.29. The Bertz CT molecular complexity index is 1040. The maximum Gasteiger partial charge on any atom is 0.267 e. The molecule has 0 radical (unpaired) electrons. The second-order valence-corrected chi connectivity index (χ2v) is 7.32. The van der Waals surface area contributed by atoms with Crippen molar-refractivity contribution < 1.29 is 23.7 Å². The molecule has 0 unspecified atom stereocenters. The number of rotatable bonds is 7. The molecule has 1 aliphatic heterocycles. The number of hydrogen-bond donors (Lipinski definition) is 0. The lowest BCUT2D eigenvalue weighted by atomic mass is 10.1. The Morgan fingerprint density at radius 1 is 0.968 bits per heavy atom. The molecule has 0 bridgehead atoms. The lowest BCUT2D eigenvalue weighted by Crippen LogP contribution is -2.44. The van der Waals surface area contributed by atoms with E-state index in [2.05, 4.69) is 0 Å². The summed E-state index contributed by atoms with van der Waals surface area (Å²) in [6, 6.07) is 23.0. The molecule has 0 aromatic heterocycles. The highest BCUT2D eigenvalue weighted by molar-refractivity contribution is 5.81. The summed E-state index contributed by atoms with van der Waals surface area (Å²) in [5.41, 5.74) is 2.01. The van der Waals surface area contributed by atoms with Gasteiger partial charge in [-0.3, -0.25) is 4.79 Å². The first-order valence-electron chi connectivity index (χ1n) is 10.1. The zero-order chi connectivity index (χ0) is 21.6. The third kappa shape index (κ3) is 4.91. The first kappa shape index (κ1) is 20.6. The first-order chi connectivity index (χ1) is 15.1. The molecule has 0 spiro atoms. The minimum Gasteiger partial charge on any atom is -0.493 e. The molecule has 1 aliphatic rings. The van der Waals surface area contributed by atoms with Gasteiger partial charge in [-0.25, -0.2) is 0 Å². The van der Waals surface area contributed by atoms with Gasteiger partial charge in [0, 0.05) is 13.6 Å². The van der Waals surface area contributed by atoms with E-state index in [9.17, 15) is 4.79 Å². The van der Waals surface area contributed by atoms with E-state index in [0.29, 0.717) is 36.1 Å². The fourth-order valence-electron chi connectivity index (χ4n) is 3.40. The molecule has 0 saturated heterocycles. The molecular formula is C25H25NO5. The van der Waals surface area contributed by atoms with Crippen LogP contribution in [0.4, 0.5) is 0 Å². The molecule has 1 atom stereocenters. The van der Waals surface area contributed by atoms with Crippen LogP contribution in [0.1, 0.15) is 11.1 Å². The third-order valence-electron chi connectivity index (χ3n) is 5.05. The molecule has 3 aromatic rings. The summed E-state index contributed by atoms with van der Waals surface area (Å²) < 4.78 is 22.9. The molecule has 160 valence electrons. The Morgan fingerprint density at radius 3 is 2.48 bits per heavy atom. The standard InChI is InChI=1S/C25H25NO5/c1-26(25(27)24-17-30-20-10-6-7-11-22(20)31-24)15-19-12-13-21(23(14-19)28-2)29-16-18-8-4-3-5-9-18/h3-14,24H,15-17H2,1-2H3/t24-/m0/s1. The van der Waals surface area contributed by atoms with Crippen molar-refractivity contribution in [3.63, 3.8) is 0 Å². The molecule has 1 heterocycles. The van der Waals surface area contributed by atoms with E-state index in [-0.39, 0.29) is 12.5 Å². The third-order valence-corrected chi connectivity index (χ3v) is 5.05. The number of hydrogen-bond acceptors (Lipinski definition) is 5. The largest absolute Gasteiger partial charge is 0.493 e. The fourth-order valence-corrected chi connectivity index (χ4v) is 3.40. The van der Waals surface area contributed by atoms with E-state index in [4.69, 9.17) is 18.9 Å². The van der Waals surface area contributed by atoms with Crippen molar-refractivity contribution in [2.24, 2.45) is 0 Å². The van der Waals surface area contributed by atoms with Gasteiger partial charge in [0.05, 0.1) is 7.11 Å². The van der Waals surface area contributed by atoms with Gasteiger partial charge in [-0.1, -0.05) is 48.5 Å². The summed E-state index contributed by atoms with van der Waals surface area (Å²) in [7, 11) is 3.35. The van der Waals surface area contributed by atoms with Crippen molar-refractivity contribution in [1.29, 1.82) is 0 Å². The minimum absolute atomic E-state index is 0.141. The van der Waals surface area contributed by atoms with Crippen molar-refractivity contribution >= 4 is 5.91 Å². The Hall–Kier alpha value is -3.67. The van der Waals surface area contributed by atoms with E-state index in [1.807, 2.05) is 66.7 Å². The normalized spacial score (nSPS) is 14.6. The average molecular weight is 419 g/mol. The highest BCUT2D eigenvalue weighted by atomic mass is 16.6. The van der Waals surface area contributed by atoms with Crippen LogP contribution in [0.15, 0.2) is 72.8 Å². The Balaban J connectivity index is 1.38. The number of nitrogens with zero attached hydrogens (tertiary/aromatic N) is 1. The van der Waals surface area contributed by atoms with Crippen LogP contribution in [0.3, 0.4) is 0 Å². The van der Waals surface area contributed by atoms with Gasteiger partial charge >= 0.3 is 0 Å². The molecule has 1 amide bonds. The lowest BCUT2D eigenvalue weighted by molar-refractivity contribution is -0.140. The zero-order valence-corrected chi connectivity index (χ0v) is 17.6. The number of carbonyl (C=O) groups is 1. The molecule has 4 rings (SSSR count). The van der Waals surface area contributed by atoms with Gasteiger partial charge in [-0.05, 0) is 35.4 Å². The van der Waals surface area contributed by atoms with Crippen LogP contribution in [0.2, 0.25) is 0 Å². The molecule has 0 N–H and O–H groups in total. The Morgan fingerprint density at radius 2 is 1.71 bits per heavy atom. The van der Waals surface area contributed by atoms with Crippen LogP contribution < -0.4 is 18.9 Å². The van der Waals surface area contributed by atoms with Crippen LogP contribution in [-0.2, 0) is 17.9 Å². The highest BCUT2D eigenvalue weighted by Gasteiger charge is 2.29. The maximum atomic E-state index is 12.9. The summed E-state index contributed by atoms with van der Waals surface area (Å²) >= 11 is 0. The number of benzene rings is 3. The van der Waals surface area contributed by atoms with Crippen molar-refractivity contribution in [1.82, 2.24) is 4.90 Å². The minimum atomic E-state index is -0.671. The summed E-state index contributed by atoms with van der Waals surface area (Å²) in [5, 5.41) is 0. The van der Waals surface area contributed by atoms with Gasteiger partial charge in [0.1, 0.15) is 13.2 Å².